The highest BCUT2D eigenvalue weighted by Crippen LogP contribution is 2.16. The van der Waals surface area contributed by atoms with Crippen LogP contribution in [0.3, 0.4) is 0 Å². The van der Waals surface area contributed by atoms with E-state index in [1.807, 2.05) is 13.8 Å². The van der Waals surface area contributed by atoms with E-state index in [9.17, 15) is 4.79 Å². The number of aromatic amines is 1. The molecule has 6 nitrogen and oxygen atoms in total. The number of anilines is 1. The van der Waals surface area contributed by atoms with E-state index in [0.717, 1.165) is 0 Å². The van der Waals surface area contributed by atoms with Crippen LogP contribution < -0.4 is 5.73 Å². The van der Waals surface area contributed by atoms with Crippen molar-refractivity contribution in [3.05, 3.63) is 12.0 Å². The van der Waals surface area contributed by atoms with Crippen molar-refractivity contribution in [2.24, 2.45) is 5.92 Å². The Balaban J connectivity index is 2.50. The molecule has 2 aromatic heterocycles. The van der Waals surface area contributed by atoms with Gasteiger partial charge in [0, 0.05) is 6.42 Å². The van der Waals surface area contributed by atoms with Crippen LogP contribution in [0.4, 0.5) is 5.95 Å². The number of carbonyl (C=O) groups is 1. The molecule has 0 unspecified atom stereocenters. The number of nitrogen functional groups attached to an aromatic ring is 1. The average molecular weight is 219 g/mol. The molecule has 16 heavy (non-hydrogen) atoms. The number of Topliss-reactive ketones (excluding diaryl/α,β-unsaturated/α-hetero) is 1. The number of fused-ring (bicyclic) bond motifs is 1. The summed E-state index contributed by atoms with van der Waals surface area (Å²) in [6, 6.07) is 0. The van der Waals surface area contributed by atoms with Crippen LogP contribution >= 0.6 is 0 Å². The Morgan fingerprint density at radius 2 is 2.25 bits per heavy atom. The van der Waals surface area contributed by atoms with Gasteiger partial charge in [-0.2, -0.15) is 4.98 Å². The number of imidazole rings is 1. The zero-order valence-electron chi connectivity index (χ0n) is 9.19. The molecule has 0 fully saturated rings. The van der Waals surface area contributed by atoms with Gasteiger partial charge in [-0.05, 0) is 5.92 Å². The molecule has 3 N–H and O–H groups in total. The van der Waals surface area contributed by atoms with Crippen molar-refractivity contribution in [3.63, 3.8) is 0 Å². The van der Waals surface area contributed by atoms with E-state index in [1.165, 1.54) is 6.33 Å². The van der Waals surface area contributed by atoms with Crippen molar-refractivity contribution in [1.29, 1.82) is 0 Å². The van der Waals surface area contributed by atoms with Crippen molar-refractivity contribution in [1.82, 2.24) is 19.9 Å². The van der Waals surface area contributed by atoms with E-state index < -0.39 is 0 Å². The summed E-state index contributed by atoms with van der Waals surface area (Å²) in [6.07, 6.45) is 1.91. The lowest BCUT2D eigenvalue weighted by atomic mass is 10.0. The predicted molar refractivity (Wildman–Crippen MR) is 59.9 cm³/mol. The number of rotatable bonds is 3. The Bertz CT molecular complexity index is 531. The molecular formula is C10H13N5O. The third-order valence-corrected chi connectivity index (χ3v) is 2.15. The largest absolute Gasteiger partial charge is 0.368 e. The van der Waals surface area contributed by atoms with Gasteiger partial charge in [0.1, 0.15) is 11.2 Å². The Morgan fingerprint density at radius 3 is 2.94 bits per heavy atom. The smallest absolute Gasteiger partial charge is 0.222 e. The molecule has 2 aromatic rings. The minimum absolute atomic E-state index is 0.0544. The topological polar surface area (TPSA) is 97.5 Å². The van der Waals surface area contributed by atoms with Gasteiger partial charge in [0.15, 0.2) is 11.4 Å². The molecule has 0 spiro atoms. The number of nitrogens with two attached hydrogens (primary N) is 1. The van der Waals surface area contributed by atoms with E-state index in [0.29, 0.717) is 23.3 Å². The molecule has 0 saturated carbocycles. The molecule has 0 atom stereocenters. The number of hydrogen-bond donors (Lipinski definition) is 2. The van der Waals surface area contributed by atoms with Gasteiger partial charge in [-0.3, -0.25) is 4.79 Å². The van der Waals surface area contributed by atoms with Crippen LogP contribution in [0.25, 0.3) is 11.2 Å². The number of hydrogen-bond acceptors (Lipinski definition) is 5. The van der Waals surface area contributed by atoms with E-state index in [2.05, 4.69) is 19.9 Å². The fraction of sp³-hybridized carbons (Fsp3) is 0.400. The summed E-state index contributed by atoms with van der Waals surface area (Å²) in [6.45, 7) is 3.95. The lowest BCUT2D eigenvalue weighted by Gasteiger charge is -2.04. The van der Waals surface area contributed by atoms with Crippen LogP contribution in [0.15, 0.2) is 6.33 Å². The fourth-order valence-corrected chi connectivity index (χ4v) is 1.51. The summed E-state index contributed by atoms with van der Waals surface area (Å²) in [5, 5.41) is 0. The fourth-order valence-electron chi connectivity index (χ4n) is 1.51. The van der Waals surface area contributed by atoms with Crippen molar-refractivity contribution in [2.45, 2.75) is 20.3 Å². The Kier molecular flexibility index (Phi) is 2.55. The van der Waals surface area contributed by atoms with Gasteiger partial charge >= 0.3 is 0 Å². The number of carbonyl (C=O) groups excluding carboxylic acids is 1. The minimum atomic E-state index is -0.0544. The summed E-state index contributed by atoms with van der Waals surface area (Å²) >= 11 is 0. The molecule has 0 radical (unpaired) electrons. The molecule has 2 heterocycles. The number of nitrogens with zero attached hydrogens (tertiary/aromatic N) is 3. The number of nitrogens with one attached hydrogen (secondary N) is 1. The molecule has 0 aliphatic heterocycles. The minimum Gasteiger partial charge on any atom is -0.368 e. The first-order valence-electron chi connectivity index (χ1n) is 5.07. The first-order chi connectivity index (χ1) is 7.58. The molecule has 0 aromatic carbocycles. The van der Waals surface area contributed by atoms with Gasteiger partial charge in [0.25, 0.3) is 0 Å². The van der Waals surface area contributed by atoms with Crippen molar-refractivity contribution >= 4 is 22.9 Å². The monoisotopic (exact) mass is 219 g/mol. The summed E-state index contributed by atoms with van der Waals surface area (Å²) in [5.74, 6) is 0.308. The van der Waals surface area contributed by atoms with Crippen LogP contribution in [0.5, 0.6) is 0 Å². The highest BCUT2D eigenvalue weighted by molar-refractivity contribution is 6.03. The maximum Gasteiger partial charge on any atom is 0.222 e. The number of aromatic nitrogens is 4. The molecule has 0 aliphatic rings. The molecule has 84 valence electrons. The normalized spacial score (nSPS) is 11.2. The third kappa shape index (κ3) is 1.86. The maximum atomic E-state index is 11.9. The Labute approximate surface area is 92.3 Å². The maximum absolute atomic E-state index is 11.9. The molecule has 0 bridgehead atoms. The standard InChI is InChI=1S/C10H13N5O/c1-5(2)3-6(16)7-8-9(13-4-12-8)15-10(11)14-7/h4-5H,3H2,1-2H3,(H3,11,12,13,14,15). The van der Waals surface area contributed by atoms with Crippen LogP contribution in [0.1, 0.15) is 30.8 Å². The second-order valence-corrected chi connectivity index (χ2v) is 4.05. The quantitative estimate of drug-likeness (QED) is 0.755. The zero-order valence-corrected chi connectivity index (χ0v) is 9.19. The predicted octanol–water partition coefficient (Wildman–Crippen LogP) is 1.16. The van der Waals surface area contributed by atoms with Crippen molar-refractivity contribution in [3.8, 4) is 0 Å². The first-order valence-corrected chi connectivity index (χ1v) is 5.07. The van der Waals surface area contributed by atoms with Crippen LogP contribution in [0.2, 0.25) is 0 Å². The summed E-state index contributed by atoms with van der Waals surface area (Å²) in [7, 11) is 0. The van der Waals surface area contributed by atoms with Crippen molar-refractivity contribution < 1.29 is 4.79 Å². The van der Waals surface area contributed by atoms with Gasteiger partial charge in [-0.15, -0.1) is 0 Å². The molecule has 0 aliphatic carbocycles. The second kappa shape index (κ2) is 3.88. The van der Waals surface area contributed by atoms with Gasteiger partial charge in [-0.25, -0.2) is 9.97 Å². The second-order valence-electron chi connectivity index (χ2n) is 4.05. The zero-order chi connectivity index (χ0) is 11.7. The summed E-state index contributed by atoms with van der Waals surface area (Å²) in [4.78, 5) is 26.7. The Hall–Kier alpha value is -1.98. The lowest BCUT2D eigenvalue weighted by Crippen LogP contribution is -2.09. The van der Waals surface area contributed by atoms with Gasteiger partial charge < -0.3 is 10.7 Å². The van der Waals surface area contributed by atoms with Gasteiger partial charge in [-0.1, -0.05) is 13.8 Å². The SMILES string of the molecule is CC(C)CC(=O)c1nc(N)nc2[nH]cnc12. The van der Waals surface area contributed by atoms with Gasteiger partial charge in [0.05, 0.1) is 6.33 Å². The molecule has 0 saturated heterocycles. The molecular weight excluding hydrogens is 206 g/mol. The molecule has 6 heteroatoms. The Morgan fingerprint density at radius 1 is 1.50 bits per heavy atom. The first kappa shape index (κ1) is 10.5. The molecule has 0 amide bonds. The molecule has 2 rings (SSSR count). The van der Waals surface area contributed by atoms with E-state index in [1.54, 1.807) is 0 Å². The van der Waals surface area contributed by atoms with Crippen molar-refractivity contribution in [2.75, 3.05) is 5.73 Å². The highest BCUT2D eigenvalue weighted by atomic mass is 16.1. The third-order valence-electron chi connectivity index (χ3n) is 2.15. The van der Waals surface area contributed by atoms with E-state index >= 15 is 0 Å². The number of ketones is 1. The average Bonchev–Trinajstić information content (AvgIpc) is 2.62. The summed E-state index contributed by atoms with van der Waals surface area (Å²) in [5.41, 5.74) is 6.82. The number of H-pyrrole nitrogens is 1. The van der Waals surface area contributed by atoms with Crippen LogP contribution in [-0.4, -0.2) is 25.7 Å². The van der Waals surface area contributed by atoms with E-state index in [-0.39, 0.29) is 17.6 Å². The van der Waals surface area contributed by atoms with Crippen LogP contribution in [-0.2, 0) is 0 Å². The van der Waals surface area contributed by atoms with Crippen LogP contribution in [0, 0.1) is 5.92 Å². The summed E-state index contributed by atoms with van der Waals surface area (Å²) < 4.78 is 0. The highest BCUT2D eigenvalue weighted by Gasteiger charge is 2.16. The van der Waals surface area contributed by atoms with Gasteiger partial charge in [0.2, 0.25) is 5.95 Å². The van der Waals surface area contributed by atoms with E-state index in [4.69, 9.17) is 5.73 Å². The lowest BCUT2D eigenvalue weighted by molar-refractivity contribution is 0.0964.